The fourth-order valence-electron chi connectivity index (χ4n) is 7.47. The molecule has 0 aromatic heterocycles. The fourth-order valence-corrected chi connectivity index (χ4v) is 7.47. The summed E-state index contributed by atoms with van der Waals surface area (Å²) >= 11 is 0. The van der Waals surface area contributed by atoms with E-state index in [0.717, 1.165) is 79.3 Å². The molecule has 0 saturated carbocycles. The number of nitrogens with two attached hydrogens (primary N) is 1. The van der Waals surface area contributed by atoms with Crippen molar-refractivity contribution in [2.45, 2.75) is 70.5 Å². The van der Waals surface area contributed by atoms with Crippen molar-refractivity contribution in [3.05, 3.63) is 95.1 Å². The molecule has 5 rings (SSSR count). The van der Waals surface area contributed by atoms with Gasteiger partial charge >= 0.3 is 0 Å². The molecule has 1 atom stereocenters. The third kappa shape index (κ3) is 10.2. The van der Waals surface area contributed by atoms with E-state index in [1.807, 2.05) is 57.0 Å². The molecule has 0 aliphatic carbocycles. The molecule has 3 aromatic carbocycles. The molecule has 7 N–H and O–H groups in total. The second kappa shape index (κ2) is 20.0. The number of para-hydroxylation sites is 1. The Morgan fingerprint density at radius 2 is 1.60 bits per heavy atom. The highest BCUT2D eigenvalue weighted by atomic mass is 16.3. The summed E-state index contributed by atoms with van der Waals surface area (Å²) in [6.45, 7) is 9.63. The lowest BCUT2D eigenvalue weighted by Crippen LogP contribution is -2.49. The minimum atomic E-state index is -0.851. The standard InChI is InChI=1S/C41H52N8O4.CH2O/c1-4-8-37(40(52)45-3)49(26-50)41(53)32-10-7-11-36(27(32)2)46-29-17-21-47(22-18-29)31-19-23-48(24-20-31)30-15-13-28(14-16-30)34(39(43)44)25-35(42)33-9-5-6-12-38(33)51;1-2/h5-7,9-16,25-26,29,31,37,42,46,51H,4,8,17-24H2,1-3H3,(H3,43,44)(H,45,52);1H2/b34-25-,42-35?;. The number of aromatic hydroxyl groups is 1. The predicted molar refractivity (Wildman–Crippen MR) is 218 cm³/mol. The zero-order chi connectivity index (χ0) is 40.1. The van der Waals surface area contributed by atoms with Gasteiger partial charge in [0.2, 0.25) is 12.3 Å². The molecule has 13 nitrogen and oxygen atoms in total. The summed E-state index contributed by atoms with van der Waals surface area (Å²) in [5, 5.41) is 33.0. The second-order valence-corrected chi connectivity index (χ2v) is 13.8. The first kappa shape index (κ1) is 41.9. The Kier molecular flexibility index (Phi) is 15.3. The average molecular weight is 751 g/mol. The number of likely N-dealkylation sites (N-methyl/N-ethyl adjacent to an activating group) is 1. The van der Waals surface area contributed by atoms with Gasteiger partial charge in [-0.05, 0) is 92.6 Å². The van der Waals surface area contributed by atoms with Crippen molar-refractivity contribution in [1.82, 2.24) is 15.1 Å². The first-order valence-electron chi connectivity index (χ1n) is 18.7. The maximum Gasteiger partial charge on any atom is 0.261 e. The summed E-state index contributed by atoms with van der Waals surface area (Å²) in [4.78, 5) is 52.0. The molecule has 2 heterocycles. The van der Waals surface area contributed by atoms with E-state index in [-0.39, 0.29) is 29.2 Å². The van der Waals surface area contributed by atoms with Gasteiger partial charge in [-0.25, -0.2) is 0 Å². The van der Waals surface area contributed by atoms with Gasteiger partial charge in [0.1, 0.15) is 24.4 Å². The lowest BCUT2D eigenvalue weighted by atomic mass is 9.96. The number of likely N-dealkylation sites (tertiary alicyclic amines) is 1. The van der Waals surface area contributed by atoms with Gasteiger partial charge in [0.25, 0.3) is 5.91 Å². The molecule has 0 radical (unpaired) electrons. The first-order valence-corrected chi connectivity index (χ1v) is 18.7. The van der Waals surface area contributed by atoms with Crippen molar-refractivity contribution in [3.63, 3.8) is 0 Å². The van der Waals surface area contributed by atoms with Crippen molar-refractivity contribution < 1.29 is 24.3 Å². The Hall–Kier alpha value is -5.82. The first-order chi connectivity index (χ1) is 26.6. The molecule has 1 unspecified atom stereocenters. The van der Waals surface area contributed by atoms with E-state index in [2.05, 4.69) is 20.4 Å². The zero-order valence-corrected chi connectivity index (χ0v) is 32.0. The molecule has 55 heavy (non-hydrogen) atoms. The van der Waals surface area contributed by atoms with E-state index in [4.69, 9.17) is 21.3 Å². The number of imide groups is 1. The van der Waals surface area contributed by atoms with E-state index in [1.54, 1.807) is 24.3 Å². The van der Waals surface area contributed by atoms with Crippen LogP contribution in [0.3, 0.4) is 0 Å². The number of rotatable bonds is 14. The van der Waals surface area contributed by atoms with Crippen LogP contribution >= 0.6 is 0 Å². The number of nitrogens with zero attached hydrogens (tertiary/aromatic N) is 3. The Morgan fingerprint density at radius 1 is 0.964 bits per heavy atom. The molecule has 0 spiro atoms. The molecule has 2 fully saturated rings. The third-order valence-corrected chi connectivity index (χ3v) is 10.5. The number of phenolic OH excluding ortho intramolecular Hbond substituents is 1. The van der Waals surface area contributed by atoms with E-state index in [9.17, 15) is 19.5 Å². The average Bonchev–Trinajstić information content (AvgIpc) is 3.21. The number of hydrogen-bond acceptors (Lipinski definition) is 10. The van der Waals surface area contributed by atoms with E-state index < -0.39 is 11.9 Å². The van der Waals surface area contributed by atoms with Crippen LogP contribution in [-0.2, 0) is 14.4 Å². The highest BCUT2D eigenvalue weighted by molar-refractivity contribution is 6.27. The van der Waals surface area contributed by atoms with Gasteiger partial charge in [0.15, 0.2) is 0 Å². The van der Waals surface area contributed by atoms with Crippen LogP contribution in [-0.4, -0.2) is 103 Å². The molecule has 2 aliphatic heterocycles. The van der Waals surface area contributed by atoms with Crippen LogP contribution in [0.1, 0.15) is 72.5 Å². The van der Waals surface area contributed by atoms with E-state index in [0.29, 0.717) is 42.0 Å². The number of anilines is 2. The summed E-state index contributed by atoms with van der Waals surface area (Å²) in [5.74, 6) is -0.962. The third-order valence-electron chi connectivity index (χ3n) is 10.5. The van der Waals surface area contributed by atoms with E-state index in [1.165, 1.54) is 19.2 Å². The summed E-state index contributed by atoms with van der Waals surface area (Å²) < 4.78 is 0. The Balaban J connectivity index is 0.00000331. The fraction of sp³-hybridized carbons (Fsp3) is 0.381. The molecule has 3 amide bonds. The topological polar surface area (TPSA) is 196 Å². The summed E-state index contributed by atoms with van der Waals surface area (Å²) in [7, 11) is 1.51. The normalized spacial score (nSPS) is 15.9. The van der Waals surface area contributed by atoms with Crippen LogP contribution < -0.4 is 21.3 Å². The van der Waals surface area contributed by atoms with Crippen LogP contribution in [0.4, 0.5) is 11.4 Å². The summed E-state index contributed by atoms with van der Waals surface area (Å²) in [5.41, 5.74) is 10.7. The van der Waals surface area contributed by atoms with E-state index >= 15 is 0 Å². The quantitative estimate of drug-likeness (QED) is 0.0750. The van der Waals surface area contributed by atoms with Crippen molar-refractivity contribution >= 4 is 53.5 Å². The number of allylic oxidation sites excluding steroid dienone is 1. The number of piperidine rings is 2. The van der Waals surface area contributed by atoms with Crippen molar-refractivity contribution in [2.75, 3.05) is 43.4 Å². The number of hydrogen-bond donors (Lipinski definition) is 6. The van der Waals surface area contributed by atoms with Gasteiger partial charge in [-0.3, -0.25) is 24.7 Å². The van der Waals surface area contributed by atoms with Gasteiger partial charge in [-0.15, -0.1) is 0 Å². The Morgan fingerprint density at radius 3 is 2.18 bits per heavy atom. The highest BCUT2D eigenvalue weighted by Crippen LogP contribution is 2.29. The monoisotopic (exact) mass is 750 g/mol. The van der Waals surface area contributed by atoms with Crippen LogP contribution in [0.25, 0.3) is 5.57 Å². The Bertz CT molecular complexity index is 1850. The number of amides is 3. The van der Waals surface area contributed by atoms with Crippen LogP contribution in [0.15, 0.2) is 72.8 Å². The number of carbonyl (C=O) groups is 4. The van der Waals surface area contributed by atoms with Gasteiger partial charge in [0.05, 0.1) is 5.71 Å². The molecular formula is C42H54N8O5. The molecule has 0 bridgehead atoms. The predicted octanol–water partition coefficient (Wildman–Crippen LogP) is 4.96. The smallest absolute Gasteiger partial charge is 0.261 e. The summed E-state index contributed by atoms with van der Waals surface area (Å²) in [6, 6.07) is 20.0. The van der Waals surface area contributed by atoms with Crippen LogP contribution in [0, 0.1) is 17.7 Å². The van der Waals surface area contributed by atoms with Crippen LogP contribution in [0.5, 0.6) is 5.75 Å². The Labute approximate surface area is 323 Å². The molecule has 292 valence electrons. The number of carbonyl (C=O) groups excluding carboxylic acids is 4. The molecule has 13 heteroatoms. The second-order valence-electron chi connectivity index (χ2n) is 13.8. The maximum atomic E-state index is 13.5. The zero-order valence-electron chi connectivity index (χ0n) is 32.0. The van der Waals surface area contributed by atoms with Crippen molar-refractivity contribution in [1.29, 1.82) is 10.8 Å². The number of amidine groups is 1. The minimum Gasteiger partial charge on any atom is -0.507 e. The number of nitrogens with one attached hydrogen (secondary N) is 4. The van der Waals surface area contributed by atoms with Gasteiger partial charge in [-0.2, -0.15) is 0 Å². The van der Waals surface area contributed by atoms with Gasteiger partial charge in [-0.1, -0.05) is 43.7 Å². The van der Waals surface area contributed by atoms with Crippen molar-refractivity contribution in [3.8, 4) is 5.75 Å². The van der Waals surface area contributed by atoms with Gasteiger partial charge < -0.3 is 41.5 Å². The molecule has 3 aromatic rings. The van der Waals surface area contributed by atoms with Crippen molar-refractivity contribution in [2.24, 2.45) is 5.73 Å². The minimum absolute atomic E-state index is 0.00783. The summed E-state index contributed by atoms with van der Waals surface area (Å²) in [6.07, 6.45) is 7.10. The number of phenols is 1. The largest absolute Gasteiger partial charge is 0.507 e. The molecule has 2 aliphatic rings. The molecule has 2 saturated heterocycles. The lowest BCUT2D eigenvalue weighted by molar-refractivity contribution is -0.130. The number of benzene rings is 3. The molecular weight excluding hydrogens is 697 g/mol. The highest BCUT2D eigenvalue weighted by Gasteiger charge is 2.31. The lowest BCUT2D eigenvalue weighted by Gasteiger charge is -2.42. The van der Waals surface area contributed by atoms with Gasteiger partial charge in [0, 0.05) is 73.4 Å². The SMILES string of the molecule is C=O.CCCC(C(=O)NC)N(C=O)C(=O)c1cccc(NC2CCN(C3CCN(c4ccc(/C(=C/C(=N)c5ccccc5O)C(=N)N)cc4)CC3)CC2)c1C. The maximum absolute atomic E-state index is 13.5. The van der Waals surface area contributed by atoms with Crippen LogP contribution in [0.2, 0.25) is 0 Å².